The lowest BCUT2D eigenvalue weighted by Gasteiger charge is -1.98. The summed E-state index contributed by atoms with van der Waals surface area (Å²) in [6, 6.07) is 0. The highest BCUT2D eigenvalue weighted by atomic mass is 14.9. The van der Waals surface area contributed by atoms with E-state index >= 15 is 0 Å². The molecule has 0 amide bonds. The van der Waals surface area contributed by atoms with Gasteiger partial charge in [0.15, 0.2) is 0 Å². The molecule has 1 aliphatic carbocycles. The molecule has 0 spiro atoms. The minimum Gasteiger partial charge on any atom is -0.382 e. The summed E-state index contributed by atoms with van der Waals surface area (Å²) in [5, 5.41) is 0. The number of rotatable bonds is 5. The first-order valence-electron chi connectivity index (χ1n) is 4.68. The highest BCUT2D eigenvalue weighted by Gasteiger charge is 2.20. The van der Waals surface area contributed by atoms with E-state index in [1.54, 1.807) is 0 Å². The molecule has 0 aliphatic heterocycles. The molecule has 1 saturated carbocycles. The quantitative estimate of drug-likeness (QED) is 0.645. The maximum absolute atomic E-state index is 5.55. The van der Waals surface area contributed by atoms with Crippen LogP contribution in [0.15, 0.2) is 22.0 Å². The fourth-order valence-corrected chi connectivity index (χ4v) is 1.22. The molecule has 0 unspecified atom stereocenters. The van der Waals surface area contributed by atoms with E-state index in [9.17, 15) is 0 Å². The number of nitrogens with zero attached hydrogens (tertiary/aromatic N) is 2. The molecule has 1 aliphatic rings. The fraction of sp³-hybridized carbons (Fsp3) is 0.600. The van der Waals surface area contributed by atoms with Crippen LogP contribution in [0.2, 0.25) is 0 Å². The molecule has 0 saturated heterocycles. The molecule has 0 bridgehead atoms. The van der Waals surface area contributed by atoms with Gasteiger partial charge >= 0.3 is 0 Å². The summed E-state index contributed by atoms with van der Waals surface area (Å²) < 4.78 is 0. The lowest BCUT2D eigenvalue weighted by molar-refractivity contribution is 0.756. The first-order valence-corrected chi connectivity index (χ1v) is 4.68. The Labute approximate surface area is 79.5 Å². The van der Waals surface area contributed by atoms with Crippen molar-refractivity contribution in [2.45, 2.75) is 32.6 Å². The number of hydrogen-bond acceptors (Lipinski definition) is 3. The molecule has 1 fully saturated rings. The molecule has 72 valence electrons. The van der Waals surface area contributed by atoms with Crippen LogP contribution in [0.4, 0.5) is 0 Å². The number of aliphatic imine (C=N–C) groups is 2. The Morgan fingerprint density at radius 1 is 1.62 bits per heavy atom. The third-order valence-corrected chi connectivity index (χ3v) is 2.15. The van der Waals surface area contributed by atoms with E-state index in [0.29, 0.717) is 5.82 Å². The van der Waals surface area contributed by atoms with Crippen LogP contribution in [0.25, 0.3) is 0 Å². The van der Waals surface area contributed by atoms with Crippen molar-refractivity contribution in [3.8, 4) is 0 Å². The Balaban J connectivity index is 2.30. The summed E-state index contributed by atoms with van der Waals surface area (Å²) >= 11 is 0. The Morgan fingerprint density at radius 2 is 2.31 bits per heavy atom. The third kappa shape index (κ3) is 4.45. The van der Waals surface area contributed by atoms with Gasteiger partial charge in [-0.1, -0.05) is 12.8 Å². The summed E-state index contributed by atoms with van der Waals surface area (Å²) in [6.45, 7) is 5.32. The maximum atomic E-state index is 5.55. The predicted octanol–water partition coefficient (Wildman–Crippen LogP) is 2.10. The average molecular weight is 179 g/mol. The van der Waals surface area contributed by atoms with Crippen LogP contribution in [-0.4, -0.2) is 12.4 Å². The second kappa shape index (κ2) is 4.80. The summed E-state index contributed by atoms with van der Waals surface area (Å²) in [6.07, 6.45) is 6.57. The van der Waals surface area contributed by atoms with Crippen molar-refractivity contribution in [2.75, 3.05) is 0 Å². The zero-order valence-corrected chi connectivity index (χ0v) is 8.16. The van der Waals surface area contributed by atoms with Crippen LogP contribution >= 0.6 is 0 Å². The molecule has 3 nitrogen and oxygen atoms in total. The predicted molar refractivity (Wildman–Crippen MR) is 56.9 cm³/mol. The number of nitrogens with two attached hydrogens (primary N) is 1. The fourth-order valence-electron chi connectivity index (χ4n) is 1.22. The third-order valence-electron chi connectivity index (χ3n) is 2.15. The van der Waals surface area contributed by atoms with Crippen LogP contribution in [0, 0.1) is 5.92 Å². The van der Waals surface area contributed by atoms with E-state index in [1.807, 2.05) is 6.92 Å². The molecule has 0 atom stereocenters. The van der Waals surface area contributed by atoms with Crippen molar-refractivity contribution < 1.29 is 0 Å². The van der Waals surface area contributed by atoms with Gasteiger partial charge in [0.25, 0.3) is 0 Å². The average Bonchev–Trinajstić information content (AvgIpc) is 2.84. The normalized spacial score (nSPS) is 18.8. The van der Waals surface area contributed by atoms with Crippen LogP contribution in [-0.2, 0) is 0 Å². The van der Waals surface area contributed by atoms with E-state index in [1.165, 1.54) is 25.5 Å². The second-order valence-electron chi connectivity index (χ2n) is 3.57. The Kier molecular flexibility index (Phi) is 3.68. The topological polar surface area (TPSA) is 50.7 Å². The summed E-state index contributed by atoms with van der Waals surface area (Å²) in [7, 11) is 0. The van der Waals surface area contributed by atoms with Gasteiger partial charge in [-0.15, -0.1) is 0 Å². The summed E-state index contributed by atoms with van der Waals surface area (Å²) in [5.74, 6) is 1.40. The zero-order valence-electron chi connectivity index (χ0n) is 8.16. The van der Waals surface area contributed by atoms with Crippen molar-refractivity contribution in [3.05, 3.63) is 12.0 Å². The van der Waals surface area contributed by atoms with Gasteiger partial charge in [-0.05, 0) is 32.4 Å². The molecule has 0 aromatic carbocycles. The molecular weight excluding hydrogens is 162 g/mol. The van der Waals surface area contributed by atoms with Crippen LogP contribution in [0.3, 0.4) is 0 Å². The van der Waals surface area contributed by atoms with Gasteiger partial charge in [0.1, 0.15) is 5.82 Å². The Hall–Kier alpha value is -1.12. The summed E-state index contributed by atoms with van der Waals surface area (Å²) in [4.78, 5) is 7.74. The van der Waals surface area contributed by atoms with Gasteiger partial charge in [0, 0.05) is 5.71 Å². The number of hydrogen-bond donors (Lipinski definition) is 1. The Morgan fingerprint density at radius 3 is 2.85 bits per heavy atom. The molecule has 2 N–H and O–H groups in total. The largest absolute Gasteiger partial charge is 0.382 e. The standard InChI is InChI=1S/C10H17N3/c1-8(3-4-9-5-6-9)13-10(11)7-12-2/h7,9H,2-6,11H2,1H3/b10-7-,13-8+. The van der Waals surface area contributed by atoms with Gasteiger partial charge in [-0.3, -0.25) is 4.99 Å². The minimum absolute atomic E-state index is 0.447. The lowest BCUT2D eigenvalue weighted by Crippen LogP contribution is -1.99. The van der Waals surface area contributed by atoms with Gasteiger partial charge in [-0.2, -0.15) is 0 Å². The molecule has 1 rings (SSSR count). The zero-order chi connectivity index (χ0) is 9.68. The van der Waals surface area contributed by atoms with E-state index in [4.69, 9.17) is 5.73 Å². The molecule has 13 heavy (non-hydrogen) atoms. The minimum atomic E-state index is 0.447. The van der Waals surface area contributed by atoms with Gasteiger partial charge < -0.3 is 5.73 Å². The van der Waals surface area contributed by atoms with Gasteiger partial charge in [-0.25, -0.2) is 4.99 Å². The first kappa shape index (κ1) is 9.96. The molecule has 0 aromatic rings. The SMILES string of the molecule is C=N/C=C(N)\N=C(/C)CCC1CC1. The van der Waals surface area contributed by atoms with Crippen molar-refractivity contribution in [3.63, 3.8) is 0 Å². The van der Waals surface area contributed by atoms with Gasteiger partial charge in [0.2, 0.25) is 0 Å². The van der Waals surface area contributed by atoms with Crippen LogP contribution in [0.5, 0.6) is 0 Å². The lowest BCUT2D eigenvalue weighted by atomic mass is 10.2. The van der Waals surface area contributed by atoms with Crippen molar-refractivity contribution in [1.29, 1.82) is 0 Å². The molecular formula is C10H17N3. The van der Waals surface area contributed by atoms with E-state index in [0.717, 1.165) is 18.1 Å². The van der Waals surface area contributed by atoms with Crippen molar-refractivity contribution >= 4 is 12.4 Å². The van der Waals surface area contributed by atoms with Gasteiger partial charge in [0.05, 0.1) is 6.20 Å². The van der Waals surface area contributed by atoms with E-state index in [2.05, 4.69) is 16.7 Å². The molecule has 0 aromatic heterocycles. The van der Waals surface area contributed by atoms with Crippen LogP contribution < -0.4 is 5.73 Å². The first-order chi connectivity index (χ1) is 6.22. The molecule has 3 heteroatoms. The highest BCUT2D eigenvalue weighted by molar-refractivity contribution is 5.82. The van der Waals surface area contributed by atoms with Crippen molar-refractivity contribution in [2.24, 2.45) is 21.6 Å². The van der Waals surface area contributed by atoms with Crippen molar-refractivity contribution in [1.82, 2.24) is 0 Å². The molecule has 0 radical (unpaired) electrons. The second-order valence-corrected chi connectivity index (χ2v) is 3.57. The monoisotopic (exact) mass is 179 g/mol. The summed E-state index contributed by atoms with van der Waals surface area (Å²) in [5.41, 5.74) is 6.63. The Bertz CT molecular complexity index is 237. The highest BCUT2D eigenvalue weighted by Crippen LogP contribution is 2.33. The van der Waals surface area contributed by atoms with Crippen LogP contribution in [0.1, 0.15) is 32.6 Å². The maximum Gasteiger partial charge on any atom is 0.141 e. The van der Waals surface area contributed by atoms with E-state index in [-0.39, 0.29) is 0 Å². The van der Waals surface area contributed by atoms with E-state index < -0.39 is 0 Å². The molecule has 0 heterocycles. The smallest absolute Gasteiger partial charge is 0.141 e.